The maximum atomic E-state index is 5.81. The standard InChI is InChI=1S/C10H19N3OS/c1-7-4-13-10(15-7)8(2)12-5-9(11)6-14-3/h4,8-9,12H,5-6,11H2,1-3H3. The quantitative estimate of drug-likeness (QED) is 0.766. The van der Waals surface area contributed by atoms with Gasteiger partial charge in [-0.3, -0.25) is 0 Å². The van der Waals surface area contributed by atoms with Gasteiger partial charge < -0.3 is 15.8 Å². The highest BCUT2D eigenvalue weighted by atomic mass is 32.1. The average Bonchev–Trinajstić information content (AvgIpc) is 2.62. The highest BCUT2D eigenvalue weighted by Crippen LogP contribution is 2.18. The molecule has 0 aromatic carbocycles. The van der Waals surface area contributed by atoms with Crippen molar-refractivity contribution in [2.24, 2.45) is 5.73 Å². The van der Waals surface area contributed by atoms with Gasteiger partial charge in [-0.05, 0) is 13.8 Å². The Balaban J connectivity index is 2.33. The SMILES string of the molecule is COCC(N)CNC(C)c1ncc(C)s1. The molecule has 0 radical (unpaired) electrons. The maximum Gasteiger partial charge on any atom is 0.109 e. The number of thiazole rings is 1. The molecular formula is C10H19N3OS. The first-order valence-electron chi connectivity index (χ1n) is 5.03. The molecule has 0 saturated carbocycles. The summed E-state index contributed by atoms with van der Waals surface area (Å²) in [4.78, 5) is 5.56. The Morgan fingerprint density at radius 2 is 2.40 bits per heavy atom. The van der Waals surface area contributed by atoms with E-state index >= 15 is 0 Å². The first-order chi connectivity index (χ1) is 7.13. The molecule has 1 aromatic rings. The third-order valence-corrected chi connectivity index (χ3v) is 3.17. The lowest BCUT2D eigenvalue weighted by Gasteiger charge is -2.15. The van der Waals surface area contributed by atoms with Gasteiger partial charge in [-0.15, -0.1) is 11.3 Å². The summed E-state index contributed by atoms with van der Waals surface area (Å²) in [6.07, 6.45) is 1.90. The lowest BCUT2D eigenvalue weighted by Crippen LogP contribution is -2.38. The predicted octanol–water partition coefficient (Wildman–Crippen LogP) is 1.08. The molecule has 15 heavy (non-hydrogen) atoms. The van der Waals surface area contributed by atoms with Crippen LogP contribution in [0.25, 0.3) is 0 Å². The summed E-state index contributed by atoms with van der Waals surface area (Å²) >= 11 is 1.72. The van der Waals surface area contributed by atoms with Crippen LogP contribution in [0, 0.1) is 6.92 Å². The van der Waals surface area contributed by atoms with Crippen LogP contribution >= 0.6 is 11.3 Å². The molecule has 2 atom stereocenters. The van der Waals surface area contributed by atoms with E-state index in [9.17, 15) is 0 Å². The second-order valence-corrected chi connectivity index (χ2v) is 4.92. The highest BCUT2D eigenvalue weighted by molar-refractivity contribution is 7.11. The Kier molecular flexibility index (Phi) is 5.17. The molecule has 0 saturated heterocycles. The number of methoxy groups -OCH3 is 1. The summed E-state index contributed by atoms with van der Waals surface area (Å²) in [5.41, 5.74) is 5.81. The van der Waals surface area contributed by atoms with Crippen molar-refractivity contribution in [2.75, 3.05) is 20.3 Å². The van der Waals surface area contributed by atoms with Gasteiger partial charge in [0, 0.05) is 30.8 Å². The van der Waals surface area contributed by atoms with E-state index in [0.717, 1.165) is 11.6 Å². The smallest absolute Gasteiger partial charge is 0.109 e. The van der Waals surface area contributed by atoms with E-state index in [0.29, 0.717) is 6.61 Å². The molecule has 4 nitrogen and oxygen atoms in total. The normalized spacial score (nSPS) is 15.2. The van der Waals surface area contributed by atoms with Crippen LogP contribution in [0.4, 0.5) is 0 Å². The Bertz CT molecular complexity index is 290. The number of aryl methyl sites for hydroxylation is 1. The minimum Gasteiger partial charge on any atom is -0.383 e. The molecule has 1 heterocycles. The molecule has 0 spiro atoms. The van der Waals surface area contributed by atoms with Gasteiger partial charge in [0.15, 0.2) is 0 Å². The summed E-state index contributed by atoms with van der Waals surface area (Å²) < 4.78 is 4.97. The Labute approximate surface area is 94.8 Å². The van der Waals surface area contributed by atoms with Crippen LogP contribution in [0.15, 0.2) is 6.20 Å². The van der Waals surface area contributed by atoms with Gasteiger partial charge in [0.1, 0.15) is 5.01 Å². The highest BCUT2D eigenvalue weighted by Gasteiger charge is 2.10. The van der Waals surface area contributed by atoms with Crippen LogP contribution in [0.1, 0.15) is 22.9 Å². The molecule has 5 heteroatoms. The van der Waals surface area contributed by atoms with Crippen molar-refractivity contribution in [3.05, 3.63) is 16.1 Å². The van der Waals surface area contributed by atoms with Gasteiger partial charge in [0.05, 0.1) is 12.6 Å². The van der Waals surface area contributed by atoms with Gasteiger partial charge in [0.2, 0.25) is 0 Å². The zero-order valence-electron chi connectivity index (χ0n) is 9.49. The van der Waals surface area contributed by atoms with Gasteiger partial charge in [0.25, 0.3) is 0 Å². The Morgan fingerprint density at radius 1 is 1.67 bits per heavy atom. The van der Waals surface area contributed by atoms with Gasteiger partial charge in [-0.25, -0.2) is 4.98 Å². The number of nitrogens with zero attached hydrogens (tertiary/aromatic N) is 1. The summed E-state index contributed by atoms with van der Waals surface area (Å²) in [7, 11) is 1.66. The number of nitrogens with two attached hydrogens (primary N) is 1. The topological polar surface area (TPSA) is 60.2 Å². The van der Waals surface area contributed by atoms with Crippen molar-refractivity contribution in [3.63, 3.8) is 0 Å². The largest absolute Gasteiger partial charge is 0.383 e. The summed E-state index contributed by atoms with van der Waals surface area (Å²) in [5, 5.41) is 4.45. The lowest BCUT2D eigenvalue weighted by atomic mass is 10.3. The number of aromatic nitrogens is 1. The fraction of sp³-hybridized carbons (Fsp3) is 0.700. The van der Waals surface area contributed by atoms with Crippen molar-refractivity contribution in [1.29, 1.82) is 0 Å². The van der Waals surface area contributed by atoms with E-state index in [4.69, 9.17) is 10.5 Å². The van der Waals surface area contributed by atoms with Crippen LogP contribution in [0.2, 0.25) is 0 Å². The molecule has 0 bridgehead atoms. The zero-order chi connectivity index (χ0) is 11.3. The van der Waals surface area contributed by atoms with Crippen molar-refractivity contribution in [3.8, 4) is 0 Å². The minimum absolute atomic E-state index is 0.0403. The third-order valence-electron chi connectivity index (χ3n) is 2.08. The van der Waals surface area contributed by atoms with Crippen molar-refractivity contribution in [2.45, 2.75) is 25.9 Å². The monoisotopic (exact) mass is 229 g/mol. The van der Waals surface area contributed by atoms with Crippen LogP contribution in [0.3, 0.4) is 0 Å². The number of nitrogens with one attached hydrogen (secondary N) is 1. The zero-order valence-corrected chi connectivity index (χ0v) is 10.3. The van der Waals surface area contributed by atoms with E-state index in [1.807, 2.05) is 6.20 Å². The molecular weight excluding hydrogens is 210 g/mol. The molecule has 1 aromatic heterocycles. The fourth-order valence-electron chi connectivity index (χ4n) is 1.26. The lowest BCUT2D eigenvalue weighted by molar-refractivity contribution is 0.178. The van der Waals surface area contributed by atoms with E-state index < -0.39 is 0 Å². The minimum atomic E-state index is 0.0403. The second kappa shape index (κ2) is 6.17. The first-order valence-corrected chi connectivity index (χ1v) is 5.85. The van der Waals surface area contributed by atoms with Crippen LogP contribution in [0.5, 0.6) is 0 Å². The molecule has 0 aliphatic heterocycles. The van der Waals surface area contributed by atoms with Crippen LogP contribution < -0.4 is 11.1 Å². The molecule has 86 valence electrons. The molecule has 0 fully saturated rings. The van der Waals surface area contributed by atoms with Crippen LogP contribution in [-0.4, -0.2) is 31.3 Å². The number of hydrogen-bond acceptors (Lipinski definition) is 5. The number of hydrogen-bond donors (Lipinski definition) is 2. The van der Waals surface area contributed by atoms with Gasteiger partial charge in [-0.1, -0.05) is 0 Å². The molecule has 1 rings (SSSR count). The number of rotatable bonds is 6. The average molecular weight is 229 g/mol. The second-order valence-electron chi connectivity index (χ2n) is 3.65. The van der Waals surface area contributed by atoms with E-state index in [1.165, 1.54) is 4.88 Å². The third kappa shape index (κ3) is 4.25. The van der Waals surface area contributed by atoms with Crippen LogP contribution in [-0.2, 0) is 4.74 Å². The van der Waals surface area contributed by atoms with Crippen molar-refractivity contribution in [1.82, 2.24) is 10.3 Å². The molecule has 0 aliphatic rings. The maximum absolute atomic E-state index is 5.81. The van der Waals surface area contributed by atoms with Gasteiger partial charge >= 0.3 is 0 Å². The summed E-state index contributed by atoms with van der Waals surface area (Å²) in [5.74, 6) is 0. The van der Waals surface area contributed by atoms with E-state index in [1.54, 1.807) is 18.4 Å². The summed E-state index contributed by atoms with van der Waals surface area (Å²) in [6.45, 7) is 5.48. The van der Waals surface area contributed by atoms with Crippen molar-refractivity contribution < 1.29 is 4.74 Å². The van der Waals surface area contributed by atoms with E-state index in [2.05, 4.69) is 24.1 Å². The summed E-state index contributed by atoms with van der Waals surface area (Å²) in [6, 6.07) is 0.296. The first kappa shape index (κ1) is 12.6. The molecule has 3 N–H and O–H groups in total. The molecule has 0 amide bonds. The molecule has 2 unspecified atom stereocenters. The Morgan fingerprint density at radius 3 is 2.93 bits per heavy atom. The van der Waals surface area contributed by atoms with E-state index in [-0.39, 0.29) is 12.1 Å². The number of ether oxygens (including phenoxy) is 1. The molecule has 0 aliphatic carbocycles. The Hall–Kier alpha value is -0.490. The van der Waals surface area contributed by atoms with Crippen molar-refractivity contribution >= 4 is 11.3 Å². The fourth-order valence-corrected chi connectivity index (χ4v) is 2.06. The predicted molar refractivity (Wildman–Crippen MR) is 63.1 cm³/mol. The van der Waals surface area contributed by atoms with Gasteiger partial charge in [-0.2, -0.15) is 0 Å².